The van der Waals surface area contributed by atoms with Gasteiger partial charge in [-0.1, -0.05) is 6.07 Å². The zero-order valence-corrected chi connectivity index (χ0v) is 17.8. The van der Waals surface area contributed by atoms with Crippen molar-refractivity contribution >= 4 is 22.6 Å². The summed E-state index contributed by atoms with van der Waals surface area (Å²) >= 11 is 0. The van der Waals surface area contributed by atoms with Gasteiger partial charge in [-0.2, -0.15) is 0 Å². The van der Waals surface area contributed by atoms with E-state index in [1.165, 1.54) is 10.5 Å². The number of aromatic nitrogens is 3. The number of hydrogen-bond donors (Lipinski definition) is 2. The molecule has 9 nitrogen and oxygen atoms in total. The summed E-state index contributed by atoms with van der Waals surface area (Å²) < 4.78 is 13.8. The first-order valence-electron chi connectivity index (χ1n) is 10.5. The predicted molar refractivity (Wildman–Crippen MR) is 115 cm³/mol. The molecule has 1 fully saturated rings. The van der Waals surface area contributed by atoms with Crippen LogP contribution in [0.1, 0.15) is 35.2 Å². The highest BCUT2D eigenvalue weighted by Crippen LogP contribution is 2.13. The molecule has 1 amide bonds. The van der Waals surface area contributed by atoms with Crippen LogP contribution >= 0.6 is 0 Å². The Hall–Kier alpha value is -3.04. The lowest BCUT2D eigenvalue weighted by molar-refractivity contribution is 0.0855. The maximum atomic E-state index is 13.2. The maximum absolute atomic E-state index is 13.2. The van der Waals surface area contributed by atoms with Crippen LogP contribution in [0.3, 0.4) is 0 Å². The van der Waals surface area contributed by atoms with Crippen LogP contribution in [0.2, 0.25) is 0 Å². The number of aryl methyl sites for hydroxylation is 2. The molecule has 0 bridgehead atoms. The molecule has 4 heterocycles. The molecule has 0 radical (unpaired) electrons. The van der Waals surface area contributed by atoms with E-state index >= 15 is 0 Å². The Morgan fingerprint density at radius 2 is 2.26 bits per heavy atom. The molecule has 31 heavy (non-hydrogen) atoms. The van der Waals surface area contributed by atoms with Crippen LogP contribution in [-0.4, -0.2) is 52.8 Å². The molecule has 4 rings (SSSR count). The van der Waals surface area contributed by atoms with Crippen molar-refractivity contribution in [2.24, 2.45) is 0 Å². The summed E-state index contributed by atoms with van der Waals surface area (Å²) in [5.74, 6) is -0.392. The summed E-state index contributed by atoms with van der Waals surface area (Å²) in [6, 6.07) is 5.15. The fourth-order valence-corrected chi connectivity index (χ4v) is 3.91. The van der Waals surface area contributed by atoms with E-state index < -0.39 is 5.91 Å². The van der Waals surface area contributed by atoms with Crippen LogP contribution in [0.5, 0.6) is 0 Å². The minimum absolute atomic E-state index is 0.00775. The van der Waals surface area contributed by atoms with E-state index in [0.717, 1.165) is 18.4 Å². The van der Waals surface area contributed by atoms with Gasteiger partial charge in [0.1, 0.15) is 16.8 Å². The third kappa shape index (κ3) is 4.24. The summed E-state index contributed by atoms with van der Waals surface area (Å²) in [6.07, 6.45) is 4.23. The number of carbonyl (C=O) groups excluding carboxylic acids is 1. The highest BCUT2D eigenvalue weighted by atomic mass is 16.5. The Morgan fingerprint density at radius 1 is 1.42 bits per heavy atom. The van der Waals surface area contributed by atoms with Crippen molar-refractivity contribution in [2.75, 3.05) is 26.9 Å². The van der Waals surface area contributed by atoms with Gasteiger partial charge in [0.15, 0.2) is 0 Å². The summed E-state index contributed by atoms with van der Waals surface area (Å²) in [6.45, 7) is 3.89. The first-order chi connectivity index (χ1) is 15.0. The predicted octanol–water partition coefficient (Wildman–Crippen LogP) is 1.38. The van der Waals surface area contributed by atoms with Crippen LogP contribution in [0.4, 0.5) is 0 Å². The third-order valence-corrected chi connectivity index (χ3v) is 5.54. The van der Waals surface area contributed by atoms with E-state index in [9.17, 15) is 9.59 Å². The number of nitrogens with zero attached hydrogens (tertiary/aromatic N) is 3. The number of ether oxygens (including phenoxy) is 2. The molecule has 3 aromatic heterocycles. The Kier molecular flexibility index (Phi) is 6.15. The quantitative estimate of drug-likeness (QED) is 0.439. The van der Waals surface area contributed by atoms with Gasteiger partial charge in [0.05, 0.1) is 17.1 Å². The van der Waals surface area contributed by atoms with Gasteiger partial charge in [-0.25, -0.2) is 4.98 Å². The van der Waals surface area contributed by atoms with E-state index in [2.05, 4.69) is 10.3 Å². The average Bonchev–Trinajstić information content (AvgIpc) is 3.28. The SMILES string of the molecule is COCCCn1c(=N)c(C(=O)NC[C@@H]2CCCO2)cc2c(=O)n3cc(C)ccc3nc21. The van der Waals surface area contributed by atoms with Gasteiger partial charge in [-0.15, -0.1) is 0 Å². The van der Waals surface area contributed by atoms with Gasteiger partial charge in [0, 0.05) is 39.6 Å². The van der Waals surface area contributed by atoms with E-state index in [1.807, 2.05) is 13.0 Å². The summed E-state index contributed by atoms with van der Waals surface area (Å²) in [5.41, 5.74) is 1.73. The van der Waals surface area contributed by atoms with Gasteiger partial charge >= 0.3 is 0 Å². The standard InChI is InChI=1S/C22H27N5O4/c1-14-6-7-18-25-20-17(22(29)27(18)13-14)11-16(19(23)26(20)8-4-9-30-2)21(28)24-12-15-5-3-10-31-15/h6-7,11,13,15,23H,3-5,8-10,12H2,1-2H3,(H,24,28)/t15-/m0/s1. The van der Waals surface area contributed by atoms with Crippen molar-refractivity contribution in [3.05, 3.63) is 51.4 Å². The number of hydrogen-bond acceptors (Lipinski definition) is 6. The second-order valence-corrected chi connectivity index (χ2v) is 7.84. The molecule has 1 saturated heterocycles. The molecule has 1 atom stereocenters. The highest BCUT2D eigenvalue weighted by molar-refractivity contribution is 5.96. The first kappa shape index (κ1) is 21.2. The van der Waals surface area contributed by atoms with E-state index in [4.69, 9.17) is 14.9 Å². The van der Waals surface area contributed by atoms with Crippen LogP contribution in [0.15, 0.2) is 29.2 Å². The lowest BCUT2D eigenvalue weighted by Gasteiger charge is -2.15. The number of fused-ring (bicyclic) bond motifs is 2. The smallest absolute Gasteiger partial charge is 0.267 e. The van der Waals surface area contributed by atoms with Gasteiger partial charge in [0.25, 0.3) is 11.5 Å². The number of pyridine rings is 2. The molecular formula is C22H27N5O4. The topological polar surface area (TPSA) is 111 Å². The third-order valence-electron chi connectivity index (χ3n) is 5.54. The number of amides is 1. The van der Waals surface area contributed by atoms with E-state index in [-0.39, 0.29) is 22.7 Å². The number of carbonyl (C=O) groups is 1. The minimum atomic E-state index is -0.392. The van der Waals surface area contributed by atoms with E-state index in [0.29, 0.717) is 49.4 Å². The summed E-state index contributed by atoms with van der Waals surface area (Å²) in [4.78, 5) is 30.8. The molecule has 9 heteroatoms. The summed E-state index contributed by atoms with van der Waals surface area (Å²) in [5, 5.41) is 11.8. The molecule has 0 saturated carbocycles. The van der Waals surface area contributed by atoms with Crippen molar-refractivity contribution in [2.45, 2.75) is 38.8 Å². The van der Waals surface area contributed by atoms with Gasteiger partial charge in [-0.3, -0.25) is 19.4 Å². The maximum Gasteiger partial charge on any atom is 0.267 e. The molecule has 164 valence electrons. The normalized spacial score (nSPS) is 16.3. The van der Waals surface area contributed by atoms with E-state index in [1.54, 1.807) is 23.9 Å². The first-order valence-corrected chi connectivity index (χ1v) is 10.5. The molecule has 2 N–H and O–H groups in total. The number of rotatable bonds is 7. The average molecular weight is 425 g/mol. The van der Waals surface area contributed by atoms with Crippen molar-refractivity contribution < 1.29 is 14.3 Å². The zero-order valence-electron chi connectivity index (χ0n) is 17.8. The fourth-order valence-electron chi connectivity index (χ4n) is 3.91. The lowest BCUT2D eigenvalue weighted by atomic mass is 10.1. The Balaban J connectivity index is 1.83. The minimum Gasteiger partial charge on any atom is -0.385 e. The van der Waals surface area contributed by atoms with Crippen molar-refractivity contribution in [3.8, 4) is 0 Å². The van der Waals surface area contributed by atoms with Gasteiger partial charge < -0.3 is 19.4 Å². The van der Waals surface area contributed by atoms with Crippen LogP contribution in [0.25, 0.3) is 16.7 Å². The van der Waals surface area contributed by atoms with Crippen molar-refractivity contribution in [3.63, 3.8) is 0 Å². The Morgan fingerprint density at radius 3 is 3.00 bits per heavy atom. The summed E-state index contributed by atoms with van der Waals surface area (Å²) in [7, 11) is 1.61. The largest absolute Gasteiger partial charge is 0.385 e. The molecule has 1 aliphatic heterocycles. The Labute approximate surface area is 179 Å². The van der Waals surface area contributed by atoms with Crippen LogP contribution < -0.4 is 16.4 Å². The van der Waals surface area contributed by atoms with Gasteiger partial charge in [0.2, 0.25) is 0 Å². The monoisotopic (exact) mass is 425 g/mol. The Bertz CT molecular complexity index is 1240. The molecule has 1 aliphatic rings. The van der Waals surface area contributed by atoms with Crippen molar-refractivity contribution in [1.29, 1.82) is 5.41 Å². The molecule has 0 aromatic carbocycles. The van der Waals surface area contributed by atoms with Crippen molar-refractivity contribution in [1.82, 2.24) is 19.3 Å². The number of nitrogens with one attached hydrogen (secondary N) is 2. The second kappa shape index (κ2) is 8.99. The fraction of sp³-hybridized carbons (Fsp3) is 0.455. The molecule has 3 aromatic rings. The highest BCUT2D eigenvalue weighted by Gasteiger charge is 2.20. The molecule has 0 spiro atoms. The molecule has 0 unspecified atom stereocenters. The molecule has 0 aliphatic carbocycles. The van der Waals surface area contributed by atoms with Crippen LogP contribution in [0, 0.1) is 12.3 Å². The zero-order chi connectivity index (χ0) is 22.0. The van der Waals surface area contributed by atoms with Gasteiger partial charge in [-0.05, 0) is 43.9 Å². The molecular weight excluding hydrogens is 398 g/mol. The van der Waals surface area contributed by atoms with Crippen LogP contribution in [-0.2, 0) is 16.0 Å². The second-order valence-electron chi connectivity index (χ2n) is 7.84. The number of methoxy groups -OCH3 is 1. The lowest BCUT2D eigenvalue weighted by Crippen LogP contribution is -2.38.